The third-order valence-electron chi connectivity index (χ3n) is 8.04. The summed E-state index contributed by atoms with van der Waals surface area (Å²) < 4.78 is 0. The van der Waals surface area contributed by atoms with E-state index >= 15 is 0 Å². The standard InChI is InChI=1S/C27H45N5O2.2ClH.Mn/c1-2-3-4-9-19-16-20-17-30-23-12-7-5-10-21(23)28-14-15-29-22-11-6-8-13-24(22)31-18-25(32-20)26(19)27(33)34;;;/h16,21-24,28-31H,2-15,17-18H2,1H3,(H,33,34);2*1H;/q;;;+2/p-2/t21-,22-,23-,24-;;;/m1.../s1. The normalized spacial score (nSPS) is 26.9. The van der Waals surface area contributed by atoms with Crippen molar-refractivity contribution in [1.82, 2.24) is 26.3 Å². The molecule has 4 rings (SSSR count). The first kappa shape index (κ1) is 31.1. The zero-order valence-corrected chi connectivity index (χ0v) is 24.8. The van der Waals surface area contributed by atoms with Crippen LogP contribution in [0.3, 0.4) is 0 Å². The van der Waals surface area contributed by atoms with E-state index in [9.17, 15) is 9.90 Å². The number of unbranched alkanes of at least 4 members (excludes halogenated alkanes) is 2. The van der Waals surface area contributed by atoms with Gasteiger partial charge in [0.15, 0.2) is 0 Å². The van der Waals surface area contributed by atoms with Crippen molar-refractivity contribution in [2.24, 2.45) is 0 Å². The Kier molecular flexibility index (Phi) is 14.5. The SMILES string of the molecule is CCCCCc1cc2nc(c1C(=O)O)CN[C@@H]1CCCC[C@H]1NCCN[C@@H]1CCCC[C@H]1NC2.[Cl][Mn][Cl]. The average Bonchev–Trinajstić information content (AvgIpc) is 2.90. The zero-order chi connectivity index (χ0) is 26.5. The molecule has 0 radical (unpaired) electrons. The molecule has 2 bridgehead atoms. The summed E-state index contributed by atoms with van der Waals surface area (Å²) in [6.45, 7) is 5.36. The van der Waals surface area contributed by atoms with Gasteiger partial charge in [-0.3, -0.25) is 4.98 Å². The third kappa shape index (κ3) is 9.91. The molecule has 0 unspecified atom stereocenters. The Morgan fingerprint density at radius 2 is 1.43 bits per heavy atom. The Labute approximate surface area is 237 Å². The van der Waals surface area contributed by atoms with Crippen LogP contribution in [0.25, 0.3) is 0 Å². The number of carboxylic acids is 1. The number of pyridine rings is 1. The van der Waals surface area contributed by atoms with Crippen molar-refractivity contribution >= 4 is 26.2 Å². The summed E-state index contributed by atoms with van der Waals surface area (Å²) in [4.78, 5) is 17.3. The molecule has 4 atom stereocenters. The summed E-state index contributed by atoms with van der Waals surface area (Å²) in [6, 6.07) is 3.77. The molecule has 211 valence electrons. The van der Waals surface area contributed by atoms with E-state index in [1.165, 1.54) is 44.9 Å². The van der Waals surface area contributed by atoms with Crippen LogP contribution in [0.5, 0.6) is 0 Å². The van der Waals surface area contributed by atoms with E-state index < -0.39 is 5.97 Å². The fourth-order valence-corrected chi connectivity index (χ4v) is 6.18. The summed E-state index contributed by atoms with van der Waals surface area (Å²) in [5.74, 6) is -0.844. The van der Waals surface area contributed by atoms with Gasteiger partial charge in [-0.05, 0) is 50.2 Å². The molecule has 1 aromatic rings. The third-order valence-corrected chi connectivity index (χ3v) is 8.04. The molecule has 5 N–H and O–H groups in total. The second kappa shape index (κ2) is 17.3. The summed E-state index contributed by atoms with van der Waals surface area (Å²) in [6.07, 6.45) is 13.8. The van der Waals surface area contributed by atoms with Gasteiger partial charge >= 0.3 is 39.3 Å². The molecule has 1 aliphatic heterocycles. The maximum absolute atomic E-state index is 12.4. The molecule has 0 saturated heterocycles. The van der Waals surface area contributed by atoms with E-state index in [1.54, 1.807) is 0 Å². The molecule has 10 heteroatoms. The first-order valence-electron chi connectivity index (χ1n) is 14.1. The number of fused-ring (bicyclic) bond motifs is 4. The van der Waals surface area contributed by atoms with Gasteiger partial charge in [0.1, 0.15) is 0 Å². The minimum absolute atomic E-state index is 0.00694. The van der Waals surface area contributed by atoms with E-state index in [1.807, 2.05) is 0 Å². The quantitative estimate of drug-likeness (QED) is 0.244. The summed E-state index contributed by atoms with van der Waals surface area (Å²) in [5.41, 5.74) is 3.06. The van der Waals surface area contributed by atoms with Crippen LogP contribution in [-0.2, 0) is 32.6 Å². The van der Waals surface area contributed by atoms with Crippen molar-refractivity contribution in [3.8, 4) is 0 Å². The first-order chi connectivity index (χ1) is 18.1. The van der Waals surface area contributed by atoms with E-state index in [0.29, 0.717) is 48.5 Å². The molecule has 2 fully saturated rings. The van der Waals surface area contributed by atoms with Crippen molar-refractivity contribution in [3.63, 3.8) is 0 Å². The van der Waals surface area contributed by atoms with Gasteiger partial charge in [-0.2, -0.15) is 0 Å². The van der Waals surface area contributed by atoms with Gasteiger partial charge in [0, 0.05) is 50.3 Å². The Hall–Kier alpha value is -0.441. The van der Waals surface area contributed by atoms with Crippen LogP contribution in [0.15, 0.2) is 6.07 Å². The predicted molar refractivity (Wildman–Crippen MR) is 148 cm³/mol. The number of carboxylic acid groups (broad SMARTS) is 1. The number of hydrogen-bond acceptors (Lipinski definition) is 6. The number of nitrogens with one attached hydrogen (secondary N) is 4. The first-order valence-corrected chi connectivity index (χ1v) is 17.4. The molecule has 0 aromatic carbocycles. The topological polar surface area (TPSA) is 98.3 Å². The monoisotopic (exact) mass is 596 g/mol. The number of nitrogens with zero attached hydrogens (tertiary/aromatic N) is 1. The molecule has 0 spiro atoms. The van der Waals surface area contributed by atoms with Crippen LogP contribution in [0.1, 0.15) is 105 Å². The van der Waals surface area contributed by atoms with Gasteiger partial charge in [0.2, 0.25) is 0 Å². The number of aromatic carboxylic acids is 1. The summed E-state index contributed by atoms with van der Waals surface area (Å²) in [5, 5.41) is 25.2. The van der Waals surface area contributed by atoms with E-state index in [2.05, 4.69) is 34.3 Å². The van der Waals surface area contributed by atoms with Gasteiger partial charge in [0.25, 0.3) is 0 Å². The number of aromatic nitrogens is 1. The fraction of sp³-hybridized carbons (Fsp3) is 0.778. The molecule has 2 saturated carbocycles. The Morgan fingerprint density at radius 1 is 0.919 bits per heavy atom. The second-order valence-electron chi connectivity index (χ2n) is 10.6. The second-order valence-corrected chi connectivity index (χ2v) is 12.5. The number of aryl methyl sites for hydroxylation is 1. The molecule has 0 amide bonds. The molecule has 2 aliphatic carbocycles. The molecule has 1 aromatic heterocycles. The number of rotatable bonds is 5. The maximum atomic E-state index is 12.4. The molecule has 3 aliphatic rings. The summed E-state index contributed by atoms with van der Waals surface area (Å²) in [7, 11) is 9.59. The van der Waals surface area contributed by atoms with Crippen molar-refractivity contribution in [2.75, 3.05) is 13.1 Å². The number of hydrogen-bond donors (Lipinski definition) is 5. The number of halogens is 2. The number of carbonyl (C=O) groups is 1. The minimum atomic E-state index is -0.844. The molecule has 7 nitrogen and oxygen atoms in total. The van der Waals surface area contributed by atoms with Crippen LogP contribution in [0.2, 0.25) is 0 Å². The van der Waals surface area contributed by atoms with Crippen molar-refractivity contribution in [1.29, 1.82) is 0 Å². The fourth-order valence-electron chi connectivity index (χ4n) is 6.18. The molecular formula is C27H45Cl2MnN5O2. The molecule has 2 heterocycles. The van der Waals surface area contributed by atoms with E-state index in [4.69, 9.17) is 25.2 Å². The van der Waals surface area contributed by atoms with Crippen LogP contribution in [-0.4, -0.2) is 53.3 Å². The Bertz CT molecular complexity index is 834. The molecular weight excluding hydrogens is 552 g/mol. The van der Waals surface area contributed by atoms with E-state index in [-0.39, 0.29) is 13.1 Å². The van der Waals surface area contributed by atoms with Crippen molar-refractivity contribution in [3.05, 3.63) is 28.6 Å². The van der Waals surface area contributed by atoms with Gasteiger partial charge in [-0.25, -0.2) is 4.79 Å². The van der Waals surface area contributed by atoms with Gasteiger partial charge in [-0.15, -0.1) is 0 Å². The Morgan fingerprint density at radius 3 is 1.95 bits per heavy atom. The summed E-state index contributed by atoms with van der Waals surface area (Å²) >= 11 is 0.00694. The van der Waals surface area contributed by atoms with Gasteiger partial charge < -0.3 is 26.4 Å². The zero-order valence-electron chi connectivity index (χ0n) is 22.1. The Balaban J connectivity index is 0.00000121. The van der Waals surface area contributed by atoms with Gasteiger partial charge in [-0.1, -0.05) is 45.4 Å². The van der Waals surface area contributed by atoms with Crippen molar-refractivity contribution < 1.29 is 23.0 Å². The van der Waals surface area contributed by atoms with Crippen LogP contribution in [0.4, 0.5) is 0 Å². The average molecular weight is 598 g/mol. The van der Waals surface area contributed by atoms with Gasteiger partial charge in [0.05, 0.1) is 17.0 Å². The van der Waals surface area contributed by atoms with Crippen LogP contribution >= 0.6 is 20.2 Å². The van der Waals surface area contributed by atoms with Crippen LogP contribution < -0.4 is 21.3 Å². The molecule has 37 heavy (non-hydrogen) atoms. The van der Waals surface area contributed by atoms with Crippen molar-refractivity contribution in [2.45, 2.75) is 121 Å². The van der Waals surface area contributed by atoms with Crippen LogP contribution in [0, 0.1) is 0 Å². The van der Waals surface area contributed by atoms with E-state index in [0.717, 1.165) is 56.5 Å². The predicted octanol–water partition coefficient (Wildman–Crippen LogP) is 4.88.